The van der Waals surface area contributed by atoms with Gasteiger partial charge in [0.2, 0.25) is 0 Å². The second-order valence-corrected chi connectivity index (χ2v) is 8.14. The number of aromatic amines is 1. The molecule has 6 nitrogen and oxygen atoms in total. The average Bonchev–Trinajstić information content (AvgIpc) is 3.50. The number of likely N-dealkylation sites (tertiary alicyclic amines) is 1. The lowest BCUT2D eigenvalue weighted by Crippen LogP contribution is -2.18. The number of H-pyrrole nitrogens is 1. The van der Waals surface area contributed by atoms with E-state index in [1.165, 1.54) is 12.8 Å². The van der Waals surface area contributed by atoms with Crippen LogP contribution in [0.4, 0.5) is 10.1 Å². The van der Waals surface area contributed by atoms with Crippen LogP contribution in [-0.2, 0) is 13.6 Å². The van der Waals surface area contributed by atoms with Crippen LogP contribution in [0.25, 0.3) is 27.7 Å². The molecule has 0 amide bonds. The van der Waals surface area contributed by atoms with Crippen molar-refractivity contribution in [1.82, 2.24) is 24.9 Å². The number of nitrogens with one attached hydrogen (secondary N) is 2. The first-order valence-corrected chi connectivity index (χ1v) is 10.5. The smallest absolute Gasteiger partial charge is 0.146 e. The third kappa shape index (κ3) is 3.96. The Morgan fingerprint density at radius 2 is 2.00 bits per heavy atom. The number of rotatable bonds is 6. The molecule has 0 radical (unpaired) electrons. The van der Waals surface area contributed by atoms with Crippen molar-refractivity contribution in [2.24, 2.45) is 7.05 Å². The topological polar surface area (TPSA) is 61.8 Å². The predicted molar refractivity (Wildman–Crippen MR) is 122 cm³/mol. The number of anilines is 1. The molecule has 0 saturated carbocycles. The van der Waals surface area contributed by atoms with E-state index < -0.39 is 0 Å². The van der Waals surface area contributed by atoms with Crippen molar-refractivity contribution >= 4 is 22.3 Å². The SMILES string of the molecule is C=C(Nc1ccc(CN2CCCC2)cc1F)c1n[nH]c2ccc(-c3cnn(C)c3)cc12. The molecule has 1 aliphatic heterocycles. The number of fused-ring (bicyclic) bond motifs is 1. The Bertz CT molecular complexity index is 1250. The number of benzene rings is 2. The first kappa shape index (κ1) is 19.5. The maximum atomic E-state index is 14.8. The number of aryl methyl sites for hydroxylation is 1. The van der Waals surface area contributed by atoms with Gasteiger partial charge in [-0.25, -0.2) is 4.39 Å². The molecule has 158 valence electrons. The molecule has 0 unspecified atom stereocenters. The van der Waals surface area contributed by atoms with Crippen molar-refractivity contribution < 1.29 is 4.39 Å². The number of halogens is 1. The Hall–Kier alpha value is -3.45. The fourth-order valence-electron chi connectivity index (χ4n) is 4.17. The lowest BCUT2D eigenvalue weighted by Gasteiger charge is -2.16. The third-order valence-electron chi connectivity index (χ3n) is 5.81. The highest BCUT2D eigenvalue weighted by Crippen LogP contribution is 2.29. The number of hydrogen-bond acceptors (Lipinski definition) is 4. The summed E-state index contributed by atoms with van der Waals surface area (Å²) in [5, 5.41) is 15.7. The van der Waals surface area contributed by atoms with Crippen LogP contribution in [0.3, 0.4) is 0 Å². The monoisotopic (exact) mass is 416 g/mol. The summed E-state index contributed by atoms with van der Waals surface area (Å²) in [5.74, 6) is -0.284. The van der Waals surface area contributed by atoms with E-state index in [1.807, 2.05) is 43.7 Å². The van der Waals surface area contributed by atoms with Crippen LogP contribution < -0.4 is 5.32 Å². The van der Waals surface area contributed by atoms with Gasteiger partial charge in [0, 0.05) is 30.7 Å². The van der Waals surface area contributed by atoms with Crippen LogP contribution in [-0.4, -0.2) is 38.0 Å². The summed E-state index contributed by atoms with van der Waals surface area (Å²) in [6, 6.07) is 11.4. The molecule has 2 N–H and O–H groups in total. The van der Waals surface area contributed by atoms with Gasteiger partial charge >= 0.3 is 0 Å². The summed E-state index contributed by atoms with van der Waals surface area (Å²) in [6.07, 6.45) is 6.24. The van der Waals surface area contributed by atoms with Crippen molar-refractivity contribution in [3.05, 3.63) is 72.4 Å². The molecule has 2 aromatic heterocycles. The Morgan fingerprint density at radius 1 is 1.16 bits per heavy atom. The summed E-state index contributed by atoms with van der Waals surface area (Å²) in [7, 11) is 1.89. The molecule has 0 spiro atoms. The molecule has 0 aliphatic carbocycles. The van der Waals surface area contributed by atoms with Gasteiger partial charge in [0.1, 0.15) is 11.5 Å². The summed E-state index contributed by atoms with van der Waals surface area (Å²) in [5.41, 5.74) is 5.55. The van der Waals surface area contributed by atoms with Gasteiger partial charge in [-0.15, -0.1) is 0 Å². The van der Waals surface area contributed by atoms with Gasteiger partial charge < -0.3 is 5.32 Å². The second-order valence-electron chi connectivity index (χ2n) is 8.14. The van der Waals surface area contributed by atoms with Crippen molar-refractivity contribution in [3.63, 3.8) is 0 Å². The maximum Gasteiger partial charge on any atom is 0.146 e. The van der Waals surface area contributed by atoms with E-state index in [1.54, 1.807) is 16.8 Å². The maximum absolute atomic E-state index is 14.8. The van der Waals surface area contributed by atoms with Crippen molar-refractivity contribution in [2.75, 3.05) is 18.4 Å². The molecular formula is C24H25FN6. The quantitative estimate of drug-likeness (QED) is 0.475. The molecule has 4 aromatic rings. The van der Waals surface area contributed by atoms with Gasteiger partial charge in [-0.2, -0.15) is 10.2 Å². The van der Waals surface area contributed by atoms with E-state index in [2.05, 4.69) is 32.1 Å². The molecule has 0 atom stereocenters. The molecule has 3 heterocycles. The lowest BCUT2D eigenvalue weighted by atomic mass is 10.1. The third-order valence-corrected chi connectivity index (χ3v) is 5.81. The zero-order chi connectivity index (χ0) is 21.4. The fraction of sp³-hybridized carbons (Fsp3) is 0.250. The predicted octanol–water partition coefficient (Wildman–Crippen LogP) is 4.78. The highest BCUT2D eigenvalue weighted by atomic mass is 19.1. The largest absolute Gasteiger partial charge is 0.352 e. The Labute approximate surface area is 180 Å². The van der Waals surface area contributed by atoms with Crippen LogP contribution in [0.1, 0.15) is 24.1 Å². The van der Waals surface area contributed by atoms with Gasteiger partial charge in [0.25, 0.3) is 0 Å². The first-order chi connectivity index (χ1) is 15.1. The van der Waals surface area contributed by atoms with Crippen molar-refractivity contribution in [3.8, 4) is 11.1 Å². The van der Waals surface area contributed by atoms with Crippen LogP contribution in [0, 0.1) is 5.82 Å². The Morgan fingerprint density at radius 3 is 2.74 bits per heavy atom. The normalized spacial score (nSPS) is 14.4. The van der Waals surface area contributed by atoms with E-state index >= 15 is 0 Å². The molecule has 0 bridgehead atoms. The van der Waals surface area contributed by atoms with E-state index in [0.717, 1.165) is 47.2 Å². The molecule has 7 heteroatoms. The van der Waals surface area contributed by atoms with Gasteiger partial charge in [0.05, 0.1) is 23.1 Å². The van der Waals surface area contributed by atoms with Gasteiger partial charge in [-0.05, 0) is 61.3 Å². The van der Waals surface area contributed by atoms with Crippen molar-refractivity contribution in [2.45, 2.75) is 19.4 Å². The Balaban J connectivity index is 1.37. The molecule has 5 rings (SSSR count). The van der Waals surface area contributed by atoms with E-state index in [4.69, 9.17) is 0 Å². The number of aromatic nitrogens is 4. The average molecular weight is 417 g/mol. The molecule has 1 saturated heterocycles. The van der Waals surface area contributed by atoms with Crippen LogP contribution in [0.2, 0.25) is 0 Å². The zero-order valence-corrected chi connectivity index (χ0v) is 17.5. The minimum Gasteiger partial charge on any atom is -0.352 e. The van der Waals surface area contributed by atoms with Crippen molar-refractivity contribution in [1.29, 1.82) is 0 Å². The lowest BCUT2D eigenvalue weighted by molar-refractivity contribution is 0.331. The van der Waals surface area contributed by atoms with Gasteiger partial charge in [-0.1, -0.05) is 18.7 Å². The van der Waals surface area contributed by atoms with Gasteiger partial charge in [-0.3, -0.25) is 14.7 Å². The van der Waals surface area contributed by atoms with E-state index in [0.29, 0.717) is 17.1 Å². The van der Waals surface area contributed by atoms with E-state index in [-0.39, 0.29) is 5.82 Å². The summed E-state index contributed by atoms with van der Waals surface area (Å²) in [6.45, 7) is 7.08. The highest BCUT2D eigenvalue weighted by Gasteiger charge is 2.15. The number of nitrogens with zero attached hydrogens (tertiary/aromatic N) is 4. The molecular weight excluding hydrogens is 391 g/mol. The summed E-state index contributed by atoms with van der Waals surface area (Å²) >= 11 is 0. The zero-order valence-electron chi connectivity index (χ0n) is 17.5. The van der Waals surface area contributed by atoms with Gasteiger partial charge in [0.15, 0.2) is 0 Å². The molecule has 1 fully saturated rings. The highest BCUT2D eigenvalue weighted by molar-refractivity contribution is 5.95. The summed E-state index contributed by atoms with van der Waals surface area (Å²) in [4.78, 5) is 2.36. The van der Waals surface area contributed by atoms with Crippen LogP contribution >= 0.6 is 0 Å². The summed E-state index contributed by atoms with van der Waals surface area (Å²) < 4.78 is 16.5. The molecule has 1 aliphatic rings. The first-order valence-electron chi connectivity index (χ1n) is 10.5. The standard InChI is InChI=1S/C24H25FN6/c1-16(27-23-7-5-17(11-21(23)25)14-31-9-3-4-10-31)24-20-12-18(6-8-22(20)28-29-24)19-13-26-30(2)15-19/h5-8,11-13,15,27H,1,3-4,9-10,14H2,2H3,(H,28,29). The van der Waals surface area contributed by atoms with E-state index in [9.17, 15) is 4.39 Å². The number of hydrogen-bond donors (Lipinski definition) is 2. The second kappa shape index (κ2) is 8.00. The molecule has 31 heavy (non-hydrogen) atoms. The fourth-order valence-corrected chi connectivity index (χ4v) is 4.17. The van der Waals surface area contributed by atoms with Crippen LogP contribution in [0.15, 0.2) is 55.4 Å². The van der Waals surface area contributed by atoms with Crippen LogP contribution in [0.5, 0.6) is 0 Å². The minimum atomic E-state index is -0.284. The molecule has 2 aromatic carbocycles. The minimum absolute atomic E-state index is 0.284. The Kier molecular flexibility index (Phi) is 5.03.